The van der Waals surface area contributed by atoms with Crippen LogP contribution in [0.4, 0.5) is 4.39 Å². The average molecular weight is 709 g/mol. The summed E-state index contributed by atoms with van der Waals surface area (Å²) in [6.45, 7) is 0.394. The third-order valence-corrected chi connectivity index (χ3v) is 6.91. The van der Waals surface area contributed by atoms with Gasteiger partial charge in [-0.05, 0) is 29.4 Å². The largest absolute Gasteiger partial charge is 0.470 e. The number of rotatable bonds is 10. The number of nitro groups is 1. The van der Waals surface area contributed by atoms with E-state index >= 15 is 4.39 Å². The number of halogens is 3. The van der Waals surface area contributed by atoms with Crippen LogP contribution in [0.2, 0.25) is 9.49 Å². The van der Waals surface area contributed by atoms with E-state index in [1.807, 2.05) is 0 Å². The highest BCUT2D eigenvalue weighted by Gasteiger charge is 2.23. The number of ether oxygens (including phenoxy) is 3. The number of para-hydroxylation sites is 2. The van der Waals surface area contributed by atoms with Gasteiger partial charge in [0.1, 0.15) is 42.0 Å². The number of hydrazone groups is 1. The van der Waals surface area contributed by atoms with E-state index in [-0.39, 0.29) is 54.0 Å². The molecule has 2 aromatic carbocycles. The van der Waals surface area contributed by atoms with Crippen LogP contribution in [0.1, 0.15) is 10.4 Å². The van der Waals surface area contributed by atoms with Crippen molar-refractivity contribution in [2.75, 3.05) is 27.0 Å². The molecule has 16 nitrogen and oxygen atoms in total. The maximum Gasteiger partial charge on any atom is 0.276 e. The summed E-state index contributed by atoms with van der Waals surface area (Å²) in [5.74, 6) is -1.13. The molecule has 0 bridgehead atoms. The van der Waals surface area contributed by atoms with E-state index in [0.29, 0.717) is 21.6 Å². The SMILES string of the molecule is CN/C(=N\[N+](=O)[O-])NCc1cnc(Cl)s1.OCN=C(C1=NOCCO1)c1ccccc1Oc1ncnc(Oc2ccccc2Cl)c1F. The molecule has 0 saturated heterocycles. The van der Waals surface area contributed by atoms with Gasteiger partial charge in [0, 0.05) is 23.7 Å². The topological polar surface area (TPSA) is 200 Å². The fourth-order valence-corrected chi connectivity index (χ4v) is 4.61. The second-order valence-corrected chi connectivity index (χ2v) is 10.6. The number of aliphatic hydroxyl groups excluding tert-OH is 1. The number of thiazole rings is 1. The Labute approximate surface area is 279 Å². The van der Waals surface area contributed by atoms with Crippen LogP contribution in [0.15, 0.2) is 76.3 Å². The number of benzene rings is 2. The second kappa shape index (κ2) is 17.5. The van der Waals surface area contributed by atoms with Gasteiger partial charge in [0.2, 0.25) is 5.82 Å². The van der Waals surface area contributed by atoms with Crippen LogP contribution in [0.5, 0.6) is 23.3 Å². The third kappa shape index (κ3) is 10.2. The Morgan fingerprint density at radius 1 is 1.11 bits per heavy atom. The van der Waals surface area contributed by atoms with Crippen LogP contribution in [0.3, 0.4) is 0 Å². The number of aliphatic imine (C=N–C) groups is 1. The lowest BCUT2D eigenvalue weighted by Gasteiger charge is -2.17. The van der Waals surface area contributed by atoms with Crippen LogP contribution in [-0.2, 0) is 16.1 Å². The van der Waals surface area contributed by atoms with Crippen molar-refractivity contribution in [2.24, 2.45) is 15.2 Å². The molecule has 3 N–H and O–H groups in total. The summed E-state index contributed by atoms with van der Waals surface area (Å²) in [6, 6.07) is 13.2. The van der Waals surface area contributed by atoms with Crippen molar-refractivity contribution in [2.45, 2.75) is 6.54 Å². The van der Waals surface area contributed by atoms with E-state index in [0.717, 1.165) is 11.2 Å². The zero-order chi connectivity index (χ0) is 33.6. The van der Waals surface area contributed by atoms with Crippen LogP contribution < -0.4 is 20.1 Å². The minimum atomic E-state index is -0.933. The van der Waals surface area contributed by atoms with Gasteiger partial charge < -0.3 is 34.8 Å². The first kappa shape index (κ1) is 34.7. The lowest BCUT2D eigenvalue weighted by molar-refractivity contribution is -0.485. The predicted octanol–water partition coefficient (Wildman–Crippen LogP) is 4.61. The molecule has 47 heavy (non-hydrogen) atoms. The maximum atomic E-state index is 15.1. The fourth-order valence-electron chi connectivity index (χ4n) is 3.52. The van der Waals surface area contributed by atoms with Gasteiger partial charge in [-0.2, -0.15) is 14.4 Å². The summed E-state index contributed by atoms with van der Waals surface area (Å²) >= 11 is 13.0. The van der Waals surface area contributed by atoms with Crippen LogP contribution in [0, 0.1) is 15.9 Å². The second-order valence-electron chi connectivity index (χ2n) is 8.52. The summed E-state index contributed by atoms with van der Waals surface area (Å²) < 4.78 is 32.1. The molecular weight excluding hydrogens is 684 g/mol. The smallest absolute Gasteiger partial charge is 0.276 e. The van der Waals surface area contributed by atoms with Gasteiger partial charge in [-0.25, -0.2) is 15.1 Å². The Morgan fingerprint density at radius 3 is 2.43 bits per heavy atom. The Hall–Kier alpha value is -5.17. The molecule has 5 rings (SSSR count). The van der Waals surface area contributed by atoms with Crippen molar-refractivity contribution in [1.82, 2.24) is 25.6 Å². The normalized spacial score (nSPS) is 12.8. The molecule has 20 heteroatoms. The molecule has 0 unspecified atom stereocenters. The fraction of sp³-hybridized carbons (Fsp3) is 0.185. The number of oxime groups is 1. The van der Waals surface area contributed by atoms with E-state index < -0.39 is 17.6 Å². The quantitative estimate of drug-likeness (QED) is 0.0896. The number of hydrogen-bond donors (Lipinski definition) is 3. The Morgan fingerprint density at radius 2 is 1.81 bits per heavy atom. The highest BCUT2D eigenvalue weighted by atomic mass is 35.5. The standard InChI is InChI=1S/C21H16ClFN4O5.C6H8ClN5O2S/c22-14-6-2-4-8-16(14)32-20-17(23)19(24-11-25-20)31-15-7-3-1-5-13(15)18(26-12-28)21-27-30-10-9-29-21;1-8-6(11-12(13)14)10-3-4-2-9-5(7)15-4/h1-8,11,28H,9-10,12H2;2H,3H2,1H3,(H2,8,10,11). The Kier molecular flexibility index (Phi) is 12.9. The summed E-state index contributed by atoms with van der Waals surface area (Å²) in [7, 11) is 1.54. The van der Waals surface area contributed by atoms with Gasteiger partial charge in [-0.3, -0.25) is 4.99 Å². The zero-order valence-corrected chi connectivity index (χ0v) is 26.5. The molecule has 0 radical (unpaired) electrons. The van der Waals surface area contributed by atoms with Crippen molar-refractivity contribution in [3.63, 3.8) is 0 Å². The monoisotopic (exact) mass is 707 g/mol. The van der Waals surface area contributed by atoms with Gasteiger partial charge in [0.25, 0.3) is 23.6 Å². The highest BCUT2D eigenvalue weighted by Crippen LogP contribution is 2.33. The molecular formula is C27H24Cl2FN9O7S. The number of nitrogens with zero attached hydrogens (tertiary/aromatic N) is 7. The molecule has 3 heterocycles. The minimum absolute atomic E-state index is 0.0623. The first-order valence-electron chi connectivity index (χ1n) is 13.2. The number of aromatic nitrogens is 3. The summed E-state index contributed by atoms with van der Waals surface area (Å²) in [5.41, 5.74) is 0.544. The number of guanidine groups is 1. The Balaban J connectivity index is 0.000000280. The van der Waals surface area contributed by atoms with Gasteiger partial charge >= 0.3 is 0 Å². The van der Waals surface area contributed by atoms with Crippen molar-refractivity contribution in [3.05, 3.63) is 96.9 Å². The van der Waals surface area contributed by atoms with Gasteiger partial charge in [0.05, 0.1) is 11.6 Å². The molecule has 0 saturated carbocycles. The van der Waals surface area contributed by atoms with E-state index in [4.69, 9.17) is 42.3 Å². The third-order valence-electron chi connectivity index (χ3n) is 5.48. The summed E-state index contributed by atoms with van der Waals surface area (Å²) in [5, 5.41) is 31.2. The summed E-state index contributed by atoms with van der Waals surface area (Å²) in [6.07, 6.45) is 2.69. The average Bonchev–Trinajstić information content (AvgIpc) is 3.50. The summed E-state index contributed by atoms with van der Waals surface area (Å²) in [4.78, 5) is 31.5. The molecule has 1 aliphatic heterocycles. The molecule has 2 aromatic heterocycles. The van der Waals surface area contributed by atoms with Crippen LogP contribution >= 0.6 is 34.5 Å². The van der Waals surface area contributed by atoms with Crippen LogP contribution in [0.25, 0.3) is 0 Å². The van der Waals surface area contributed by atoms with Crippen molar-refractivity contribution >= 4 is 52.1 Å². The Bertz CT molecular complexity index is 1780. The number of hydrogen-bond acceptors (Lipinski definition) is 13. The lowest BCUT2D eigenvalue weighted by atomic mass is 10.1. The minimum Gasteiger partial charge on any atom is -0.470 e. The van der Waals surface area contributed by atoms with Crippen molar-refractivity contribution in [3.8, 4) is 23.3 Å². The van der Waals surface area contributed by atoms with Gasteiger partial charge in [-0.15, -0.1) is 11.3 Å². The number of aliphatic hydroxyl groups is 1. The molecule has 0 amide bonds. The highest BCUT2D eigenvalue weighted by molar-refractivity contribution is 7.15. The van der Waals surface area contributed by atoms with Crippen molar-refractivity contribution < 1.29 is 33.6 Å². The lowest BCUT2D eigenvalue weighted by Crippen LogP contribution is -2.34. The molecule has 0 atom stereocenters. The molecule has 0 spiro atoms. The van der Waals surface area contributed by atoms with E-state index in [2.05, 4.69) is 40.8 Å². The van der Waals surface area contributed by atoms with E-state index in [1.54, 1.807) is 54.7 Å². The van der Waals surface area contributed by atoms with E-state index in [9.17, 15) is 15.2 Å². The van der Waals surface area contributed by atoms with Crippen LogP contribution in [-0.4, -0.2) is 69.7 Å². The molecule has 246 valence electrons. The molecule has 1 aliphatic rings. The number of nitrogens with one attached hydrogen (secondary N) is 2. The van der Waals surface area contributed by atoms with Gasteiger partial charge in [0.15, 0.2) is 16.1 Å². The predicted molar refractivity (Wildman–Crippen MR) is 170 cm³/mol. The van der Waals surface area contributed by atoms with Gasteiger partial charge in [-0.1, -0.05) is 47.5 Å². The van der Waals surface area contributed by atoms with E-state index in [1.165, 1.54) is 18.4 Å². The molecule has 0 fully saturated rings. The maximum absolute atomic E-state index is 15.1. The van der Waals surface area contributed by atoms with Crippen molar-refractivity contribution in [1.29, 1.82) is 0 Å². The first-order chi connectivity index (χ1) is 22.8. The first-order valence-corrected chi connectivity index (χ1v) is 14.8. The molecule has 4 aromatic rings. The zero-order valence-electron chi connectivity index (χ0n) is 24.2. The molecule has 0 aliphatic carbocycles.